The van der Waals surface area contributed by atoms with Crippen molar-refractivity contribution in [3.63, 3.8) is 0 Å². The van der Waals surface area contributed by atoms with E-state index in [1.54, 1.807) is 30.3 Å². The van der Waals surface area contributed by atoms with Gasteiger partial charge in [-0.1, -0.05) is 30.3 Å². The van der Waals surface area contributed by atoms with Crippen LogP contribution >= 0.6 is 0 Å². The largest absolute Gasteiger partial charge is 0.480 e. The van der Waals surface area contributed by atoms with Crippen molar-refractivity contribution in [1.82, 2.24) is 10.4 Å². The zero-order valence-electron chi connectivity index (χ0n) is 11.5. The molecule has 0 aliphatic heterocycles. The summed E-state index contributed by atoms with van der Waals surface area (Å²) in [5.41, 5.74) is 2.78. The van der Waals surface area contributed by atoms with Gasteiger partial charge in [0, 0.05) is 0 Å². The number of amides is 1. The number of aliphatic carboxylic acids is 2. The standard InChI is InChI=1S/C13H16N2O7/c16-7-10(12(19)20)14-15(6-11(17)18)13(21)22-8-9-4-2-1-3-5-9/h1-5,10,14,16H,6-8H2,(H,17,18)(H,19,20)/t10-/m0/s1. The molecule has 0 saturated heterocycles. The third kappa shape index (κ3) is 5.77. The third-order valence-corrected chi connectivity index (χ3v) is 2.51. The van der Waals surface area contributed by atoms with Crippen LogP contribution in [-0.2, 0) is 20.9 Å². The van der Waals surface area contributed by atoms with Gasteiger partial charge in [0.15, 0.2) is 0 Å². The number of carboxylic acid groups (broad SMARTS) is 2. The molecule has 0 unspecified atom stereocenters. The summed E-state index contributed by atoms with van der Waals surface area (Å²) in [4.78, 5) is 33.4. The van der Waals surface area contributed by atoms with E-state index in [-0.39, 0.29) is 6.61 Å². The molecule has 0 saturated carbocycles. The number of carbonyl (C=O) groups excluding carboxylic acids is 1. The Labute approximate surface area is 125 Å². The second-order valence-corrected chi connectivity index (χ2v) is 4.22. The van der Waals surface area contributed by atoms with E-state index in [1.165, 1.54) is 0 Å². The van der Waals surface area contributed by atoms with Gasteiger partial charge in [0.2, 0.25) is 0 Å². The van der Waals surface area contributed by atoms with E-state index in [1.807, 2.05) is 0 Å². The third-order valence-electron chi connectivity index (χ3n) is 2.51. The monoisotopic (exact) mass is 312 g/mol. The van der Waals surface area contributed by atoms with Crippen LogP contribution in [0.4, 0.5) is 4.79 Å². The van der Waals surface area contributed by atoms with Crippen molar-refractivity contribution in [2.24, 2.45) is 0 Å². The minimum Gasteiger partial charge on any atom is -0.480 e. The van der Waals surface area contributed by atoms with Crippen LogP contribution in [0.25, 0.3) is 0 Å². The second kappa shape index (κ2) is 8.60. The minimum atomic E-state index is -1.52. The number of carbonyl (C=O) groups is 3. The van der Waals surface area contributed by atoms with Crippen molar-refractivity contribution >= 4 is 18.0 Å². The molecule has 22 heavy (non-hydrogen) atoms. The Hall–Kier alpha value is -2.65. The summed E-state index contributed by atoms with van der Waals surface area (Å²) in [5.74, 6) is -2.81. The lowest BCUT2D eigenvalue weighted by Gasteiger charge is -2.24. The van der Waals surface area contributed by atoms with Gasteiger partial charge in [-0.25, -0.2) is 15.2 Å². The first-order valence-electron chi connectivity index (χ1n) is 6.24. The van der Waals surface area contributed by atoms with Gasteiger partial charge < -0.3 is 20.1 Å². The summed E-state index contributed by atoms with van der Waals surface area (Å²) in [6.07, 6.45) is -1.06. The van der Waals surface area contributed by atoms with Gasteiger partial charge in [-0.05, 0) is 5.56 Å². The lowest BCUT2D eigenvalue weighted by atomic mass is 10.2. The molecular weight excluding hydrogens is 296 g/mol. The van der Waals surface area contributed by atoms with E-state index in [0.717, 1.165) is 0 Å². The molecule has 0 radical (unpaired) electrons. The topological polar surface area (TPSA) is 136 Å². The summed E-state index contributed by atoms with van der Waals surface area (Å²) >= 11 is 0. The number of hydrazine groups is 1. The van der Waals surface area contributed by atoms with Crippen molar-refractivity contribution in [2.45, 2.75) is 12.6 Å². The molecule has 0 aromatic heterocycles. The first-order valence-corrected chi connectivity index (χ1v) is 6.24. The van der Waals surface area contributed by atoms with Crippen molar-refractivity contribution in [3.05, 3.63) is 35.9 Å². The molecule has 1 aromatic carbocycles. The summed E-state index contributed by atoms with van der Waals surface area (Å²) in [5, 5.41) is 26.9. The molecule has 1 amide bonds. The Balaban J connectivity index is 2.67. The van der Waals surface area contributed by atoms with Crippen LogP contribution in [0.1, 0.15) is 5.56 Å². The Kier molecular flexibility index (Phi) is 6.80. The Morgan fingerprint density at radius 3 is 2.32 bits per heavy atom. The van der Waals surface area contributed by atoms with E-state index in [0.29, 0.717) is 10.6 Å². The maximum absolute atomic E-state index is 11.8. The quantitative estimate of drug-likeness (QED) is 0.479. The first kappa shape index (κ1) is 17.4. The lowest BCUT2D eigenvalue weighted by molar-refractivity contribution is -0.145. The van der Waals surface area contributed by atoms with Crippen molar-refractivity contribution in [2.75, 3.05) is 13.2 Å². The predicted molar refractivity (Wildman–Crippen MR) is 72.6 cm³/mol. The van der Waals surface area contributed by atoms with Crippen LogP contribution in [0.5, 0.6) is 0 Å². The fourth-order valence-electron chi connectivity index (χ4n) is 1.46. The highest BCUT2D eigenvalue weighted by Crippen LogP contribution is 2.03. The zero-order chi connectivity index (χ0) is 16.5. The smallest absolute Gasteiger partial charge is 0.425 e. The lowest BCUT2D eigenvalue weighted by Crippen LogP contribution is -2.54. The predicted octanol–water partition coefficient (Wildman–Crippen LogP) is -0.340. The number of aliphatic hydroxyl groups excluding tert-OH is 1. The van der Waals surface area contributed by atoms with Crippen LogP contribution < -0.4 is 5.43 Å². The molecule has 1 aromatic rings. The number of carboxylic acids is 2. The molecule has 0 bridgehead atoms. The summed E-state index contributed by atoms with van der Waals surface area (Å²) < 4.78 is 4.90. The van der Waals surface area contributed by atoms with Gasteiger partial charge >= 0.3 is 18.0 Å². The fourth-order valence-corrected chi connectivity index (χ4v) is 1.46. The molecule has 9 heteroatoms. The highest BCUT2D eigenvalue weighted by molar-refractivity contribution is 5.78. The Bertz CT molecular complexity index is 520. The highest BCUT2D eigenvalue weighted by atomic mass is 16.6. The summed E-state index contributed by atoms with van der Waals surface area (Å²) in [6, 6.07) is 7.14. The Morgan fingerprint density at radius 2 is 1.82 bits per heavy atom. The van der Waals surface area contributed by atoms with E-state index < -0.39 is 37.2 Å². The number of nitrogens with zero attached hydrogens (tertiary/aromatic N) is 1. The number of hydrogen-bond donors (Lipinski definition) is 4. The zero-order valence-corrected chi connectivity index (χ0v) is 11.5. The fraction of sp³-hybridized carbons (Fsp3) is 0.308. The molecular formula is C13H16N2O7. The van der Waals surface area contributed by atoms with Crippen LogP contribution in [0, 0.1) is 0 Å². The van der Waals surface area contributed by atoms with E-state index in [9.17, 15) is 14.4 Å². The number of hydrogen-bond acceptors (Lipinski definition) is 6. The van der Waals surface area contributed by atoms with Gasteiger partial charge in [0.05, 0.1) is 6.61 Å². The van der Waals surface area contributed by atoms with Gasteiger partial charge in [-0.15, -0.1) is 0 Å². The molecule has 0 spiro atoms. The molecule has 0 aliphatic carbocycles. The number of rotatable bonds is 8. The van der Waals surface area contributed by atoms with Crippen LogP contribution in [-0.4, -0.2) is 57.6 Å². The average Bonchev–Trinajstić information content (AvgIpc) is 2.49. The molecule has 0 fully saturated rings. The number of aliphatic hydroxyl groups is 1. The normalized spacial score (nSPS) is 11.5. The van der Waals surface area contributed by atoms with Crippen molar-refractivity contribution in [3.8, 4) is 0 Å². The van der Waals surface area contributed by atoms with Crippen molar-refractivity contribution < 1.29 is 34.4 Å². The number of ether oxygens (including phenoxy) is 1. The molecule has 120 valence electrons. The van der Waals surface area contributed by atoms with Crippen LogP contribution in [0.3, 0.4) is 0 Å². The van der Waals surface area contributed by atoms with Crippen molar-refractivity contribution in [1.29, 1.82) is 0 Å². The van der Waals surface area contributed by atoms with Crippen LogP contribution in [0.2, 0.25) is 0 Å². The molecule has 1 rings (SSSR count). The number of benzene rings is 1. The average molecular weight is 312 g/mol. The van der Waals surface area contributed by atoms with Gasteiger partial charge in [-0.3, -0.25) is 9.59 Å². The van der Waals surface area contributed by atoms with Gasteiger partial charge in [0.25, 0.3) is 0 Å². The molecule has 4 N–H and O–H groups in total. The minimum absolute atomic E-state index is 0.103. The summed E-state index contributed by atoms with van der Waals surface area (Å²) in [6.45, 7) is -1.75. The van der Waals surface area contributed by atoms with E-state index >= 15 is 0 Å². The summed E-state index contributed by atoms with van der Waals surface area (Å²) in [7, 11) is 0. The second-order valence-electron chi connectivity index (χ2n) is 4.22. The van der Waals surface area contributed by atoms with Gasteiger partial charge in [-0.2, -0.15) is 0 Å². The van der Waals surface area contributed by atoms with E-state index in [4.69, 9.17) is 20.1 Å². The Morgan fingerprint density at radius 1 is 1.18 bits per heavy atom. The first-order chi connectivity index (χ1) is 10.4. The highest BCUT2D eigenvalue weighted by Gasteiger charge is 2.25. The van der Waals surface area contributed by atoms with Gasteiger partial charge in [0.1, 0.15) is 19.2 Å². The SMILES string of the molecule is O=C(O)CN(N[C@@H](CO)C(=O)O)C(=O)OCc1ccccc1. The number of nitrogens with one attached hydrogen (secondary N) is 1. The van der Waals surface area contributed by atoms with E-state index in [2.05, 4.69) is 5.43 Å². The maximum atomic E-state index is 11.8. The maximum Gasteiger partial charge on any atom is 0.425 e. The molecule has 1 atom stereocenters. The van der Waals surface area contributed by atoms with Crippen LogP contribution in [0.15, 0.2) is 30.3 Å². The molecule has 0 heterocycles. The molecule has 0 aliphatic rings. The molecule has 9 nitrogen and oxygen atoms in total.